The maximum absolute atomic E-state index is 12.2. The maximum Gasteiger partial charge on any atom is 0.387 e. The van der Waals surface area contributed by atoms with Crippen molar-refractivity contribution < 1.29 is 23.4 Å². The number of aromatic nitrogens is 3. The Hall–Kier alpha value is -2.06. The van der Waals surface area contributed by atoms with Gasteiger partial charge >= 0.3 is 6.61 Å². The van der Waals surface area contributed by atoms with Crippen LogP contribution in [0.25, 0.3) is 0 Å². The number of aliphatic imine (C=N–C) groups is 1. The van der Waals surface area contributed by atoms with Crippen LogP contribution >= 0.6 is 24.0 Å². The lowest BCUT2D eigenvalue weighted by atomic mass is 10.1. The number of aryl methyl sites for hydroxylation is 1. The topological polar surface area (TPSA) is 106 Å². The molecule has 0 aliphatic heterocycles. The Morgan fingerprint density at radius 3 is 2.52 bits per heavy atom. The zero-order valence-electron chi connectivity index (χ0n) is 17.7. The number of rotatable bonds is 11. The van der Waals surface area contributed by atoms with Crippen molar-refractivity contribution in [1.29, 1.82) is 0 Å². The standard InChI is InChI=1S/C19H28F2N6O3.HI/c1-13-25-26-17(27(13)2)12-24-19(22-9-4-10-29-3)23-11-16(28)14-5-7-15(8-6-14)30-18(20)21;/h5-8,16,18,28H,4,9-12H2,1-3H3,(H2,22,23,24);1H. The fourth-order valence-corrected chi connectivity index (χ4v) is 2.52. The SMILES string of the molecule is COCCCNC(=NCc1nnc(C)n1C)NCC(O)c1ccc(OC(F)F)cc1.I. The Bertz CT molecular complexity index is 804. The predicted octanol–water partition coefficient (Wildman–Crippen LogP) is 2.15. The van der Waals surface area contributed by atoms with Crippen molar-refractivity contribution in [1.82, 2.24) is 25.4 Å². The number of hydrogen-bond acceptors (Lipinski definition) is 6. The molecule has 31 heavy (non-hydrogen) atoms. The van der Waals surface area contributed by atoms with Crippen LogP contribution in [0.3, 0.4) is 0 Å². The first-order valence-corrected chi connectivity index (χ1v) is 9.49. The highest BCUT2D eigenvalue weighted by Gasteiger charge is 2.11. The molecule has 1 heterocycles. The smallest absolute Gasteiger partial charge is 0.387 e. The molecule has 2 rings (SSSR count). The summed E-state index contributed by atoms with van der Waals surface area (Å²) >= 11 is 0. The summed E-state index contributed by atoms with van der Waals surface area (Å²) in [6.45, 7) is 0.695. The molecule has 0 amide bonds. The monoisotopic (exact) mass is 554 g/mol. The third-order valence-electron chi connectivity index (χ3n) is 4.33. The number of guanidine groups is 1. The quantitative estimate of drug-likeness (QED) is 0.169. The van der Waals surface area contributed by atoms with E-state index in [-0.39, 0.29) is 36.3 Å². The number of alkyl halides is 2. The van der Waals surface area contributed by atoms with Gasteiger partial charge in [0.1, 0.15) is 18.1 Å². The molecule has 0 spiro atoms. The van der Waals surface area contributed by atoms with Gasteiger partial charge in [-0.05, 0) is 31.0 Å². The van der Waals surface area contributed by atoms with Gasteiger partial charge in [0, 0.05) is 33.9 Å². The van der Waals surface area contributed by atoms with Crippen LogP contribution in [0.4, 0.5) is 8.78 Å². The Labute approximate surface area is 197 Å². The molecule has 1 aromatic carbocycles. The molecule has 174 valence electrons. The summed E-state index contributed by atoms with van der Waals surface area (Å²) in [5.74, 6) is 2.04. The van der Waals surface area contributed by atoms with Crippen molar-refractivity contribution in [2.24, 2.45) is 12.0 Å². The summed E-state index contributed by atoms with van der Waals surface area (Å²) in [6, 6.07) is 5.85. The van der Waals surface area contributed by atoms with Gasteiger partial charge in [-0.25, -0.2) is 4.99 Å². The second-order valence-corrected chi connectivity index (χ2v) is 6.50. The van der Waals surface area contributed by atoms with Crippen molar-refractivity contribution in [3.63, 3.8) is 0 Å². The molecule has 0 saturated carbocycles. The van der Waals surface area contributed by atoms with E-state index in [1.54, 1.807) is 7.11 Å². The molecule has 0 fully saturated rings. The number of ether oxygens (including phenoxy) is 2. The molecule has 0 aliphatic carbocycles. The fraction of sp³-hybridized carbons (Fsp3) is 0.526. The molecule has 3 N–H and O–H groups in total. The number of nitrogens with one attached hydrogen (secondary N) is 2. The minimum absolute atomic E-state index is 0. The van der Waals surface area contributed by atoms with Gasteiger partial charge in [0.25, 0.3) is 0 Å². The summed E-state index contributed by atoms with van der Waals surface area (Å²) in [5, 5.41) is 24.7. The molecule has 0 saturated heterocycles. The van der Waals surface area contributed by atoms with E-state index < -0.39 is 12.7 Å². The zero-order chi connectivity index (χ0) is 21.9. The second kappa shape index (κ2) is 14.1. The van der Waals surface area contributed by atoms with Crippen LogP contribution in [0.15, 0.2) is 29.3 Å². The molecule has 0 radical (unpaired) electrons. The lowest BCUT2D eigenvalue weighted by Crippen LogP contribution is -2.40. The van der Waals surface area contributed by atoms with Crippen LogP contribution < -0.4 is 15.4 Å². The Morgan fingerprint density at radius 2 is 1.94 bits per heavy atom. The highest BCUT2D eigenvalue weighted by Crippen LogP contribution is 2.19. The van der Waals surface area contributed by atoms with Crippen LogP contribution in [0.2, 0.25) is 0 Å². The van der Waals surface area contributed by atoms with Crippen molar-refractivity contribution in [2.75, 3.05) is 26.8 Å². The number of halogens is 3. The van der Waals surface area contributed by atoms with E-state index in [1.807, 2.05) is 18.5 Å². The van der Waals surface area contributed by atoms with E-state index in [0.29, 0.717) is 37.0 Å². The van der Waals surface area contributed by atoms with E-state index >= 15 is 0 Å². The van der Waals surface area contributed by atoms with E-state index in [2.05, 4.69) is 30.6 Å². The van der Waals surface area contributed by atoms with Gasteiger partial charge in [-0.2, -0.15) is 8.78 Å². The largest absolute Gasteiger partial charge is 0.435 e. The van der Waals surface area contributed by atoms with Gasteiger partial charge in [-0.15, -0.1) is 34.2 Å². The number of aliphatic hydroxyl groups is 1. The molecule has 0 aliphatic rings. The van der Waals surface area contributed by atoms with Gasteiger partial charge in [0.15, 0.2) is 11.8 Å². The second-order valence-electron chi connectivity index (χ2n) is 6.50. The van der Waals surface area contributed by atoms with Gasteiger partial charge in [0.05, 0.1) is 6.10 Å². The third kappa shape index (κ3) is 9.31. The van der Waals surface area contributed by atoms with E-state index in [9.17, 15) is 13.9 Å². The van der Waals surface area contributed by atoms with Crippen LogP contribution in [0.5, 0.6) is 5.75 Å². The summed E-state index contributed by atoms with van der Waals surface area (Å²) < 4.78 is 35.7. The Morgan fingerprint density at radius 1 is 1.23 bits per heavy atom. The number of nitrogens with zero attached hydrogens (tertiary/aromatic N) is 4. The molecular weight excluding hydrogens is 525 g/mol. The van der Waals surface area contributed by atoms with Crippen LogP contribution in [-0.4, -0.2) is 59.2 Å². The molecule has 1 unspecified atom stereocenters. The molecule has 9 nitrogen and oxygen atoms in total. The highest BCUT2D eigenvalue weighted by molar-refractivity contribution is 14.0. The predicted molar refractivity (Wildman–Crippen MR) is 123 cm³/mol. The molecule has 2 aromatic rings. The average molecular weight is 554 g/mol. The van der Waals surface area contributed by atoms with Gasteiger partial charge in [-0.1, -0.05) is 12.1 Å². The summed E-state index contributed by atoms with van der Waals surface area (Å²) in [7, 11) is 3.50. The van der Waals surface area contributed by atoms with Crippen LogP contribution in [0.1, 0.15) is 29.7 Å². The summed E-state index contributed by atoms with van der Waals surface area (Å²) in [4.78, 5) is 4.49. The molecular formula is C19H29F2IN6O3. The number of methoxy groups -OCH3 is 1. The minimum atomic E-state index is -2.89. The number of benzene rings is 1. The summed E-state index contributed by atoms with van der Waals surface area (Å²) in [5.41, 5.74) is 0.562. The average Bonchev–Trinajstić information content (AvgIpc) is 3.04. The maximum atomic E-state index is 12.2. The lowest BCUT2D eigenvalue weighted by molar-refractivity contribution is -0.0498. The first-order chi connectivity index (χ1) is 14.4. The number of hydrogen-bond donors (Lipinski definition) is 3. The van der Waals surface area contributed by atoms with E-state index in [0.717, 1.165) is 12.2 Å². The van der Waals surface area contributed by atoms with Crippen LogP contribution in [0, 0.1) is 6.92 Å². The lowest BCUT2D eigenvalue weighted by Gasteiger charge is -2.16. The first-order valence-electron chi connectivity index (χ1n) is 9.49. The van der Waals surface area contributed by atoms with Gasteiger partial charge in [-0.3, -0.25) is 0 Å². The molecule has 0 bridgehead atoms. The van der Waals surface area contributed by atoms with E-state index in [4.69, 9.17) is 4.74 Å². The number of aliphatic hydroxyl groups excluding tert-OH is 1. The third-order valence-corrected chi connectivity index (χ3v) is 4.33. The first kappa shape index (κ1) is 27.0. The Balaban J connectivity index is 0.00000480. The molecule has 1 aromatic heterocycles. The van der Waals surface area contributed by atoms with Gasteiger partial charge < -0.3 is 29.8 Å². The van der Waals surface area contributed by atoms with Gasteiger partial charge in [0.2, 0.25) is 0 Å². The zero-order valence-corrected chi connectivity index (χ0v) is 20.0. The van der Waals surface area contributed by atoms with Crippen molar-refractivity contribution >= 4 is 29.9 Å². The fourth-order valence-electron chi connectivity index (χ4n) is 2.52. The minimum Gasteiger partial charge on any atom is -0.435 e. The Kier molecular flexibility index (Phi) is 12.3. The summed E-state index contributed by atoms with van der Waals surface area (Å²) in [6.07, 6.45) is -0.0809. The van der Waals surface area contributed by atoms with E-state index in [1.165, 1.54) is 24.3 Å². The van der Waals surface area contributed by atoms with Crippen molar-refractivity contribution in [3.05, 3.63) is 41.5 Å². The van der Waals surface area contributed by atoms with Crippen molar-refractivity contribution in [3.8, 4) is 5.75 Å². The highest BCUT2D eigenvalue weighted by atomic mass is 127. The van der Waals surface area contributed by atoms with Crippen LogP contribution in [-0.2, 0) is 18.3 Å². The van der Waals surface area contributed by atoms with Crippen molar-refractivity contribution in [2.45, 2.75) is 32.6 Å². The normalized spacial score (nSPS) is 12.4. The molecule has 1 atom stereocenters. The molecule has 12 heteroatoms.